The van der Waals surface area contributed by atoms with E-state index in [9.17, 15) is 0 Å². The van der Waals surface area contributed by atoms with Crippen LogP contribution >= 0.6 is 0 Å². The van der Waals surface area contributed by atoms with Crippen LogP contribution in [0.1, 0.15) is 11.3 Å². The van der Waals surface area contributed by atoms with Gasteiger partial charge in [0.1, 0.15) is 6.33 Å². The van der Waals surface area contributed by atoms with Crippen molar-refractivity contribution >= 4 is 0 Å². The Morgan fingerprint density at radius 3 is 2.73 bits per heavy atom. The maximum absolute atomic E-state index is 5.47. The summed E-state index contributed by atoms with van der Waals surface area (Å²) < 4.78 is 4.99. The molecule has 2 N–H and O–H groups in total. The average molecular weight is 153 g/mol. The van der Waals surface area contributed by atoms with Crippen LogP contribution < -0.4 is 10.5 Å². The molecule has 0 spiro atoms. The van der Waals surface area contributed by atoms with Crippen molar-refractivity contribution in [2.75, 3.05) is 7.11 Å². The Labute approximate surface area is 65.4 Å². The van der Waals surface area contributed by atoms with Crippen LogP contribution in [0.2, 0.25) is 0 Å². The van der Waals surface area contributed by atoms with E-state index in [1.165, 1.54) is 6.33 Å². The number of rotatable bonds is 2. The molecular weight excluding hydrogens is 142 g/mol. The monoisotopic (exact) mass is 153 g/mol. The highest BCUT2D eigenvalue weighted by Gasteiger charge is 2.04. The Bertz CT molecular complexity index is 249. The Balaban J connectivity index is 3.13. The molecular formula is C7H11N3O. The standard InChI is InChI=1S/C7H11N3O/c1-5-6(3-8)7(11-2)10-4-9-5/h4H,3,8H2,1-2H3. The van der Waals surface area contributed by atoms with E-state index in [-0.39, 0.29) is 0 Å². The minimum atomic E-state index is 0.413. The summed E-state index contributed by atoms with van der Waals surface area (Å²) in [6.45, 7) is 2.29. The first kappa shape index (κ1) is 7.94. The smallest absolute Gasteiger partial charge is 0.220 e. The summed E-state index contributed by atoms with van der Waals surface area (Å²) in [5.74, 6) is 0.569. The maximum atomic E-state index is 5.47. The van der Waals surface area contributed by atoms with Gasteiger partial charge in [-0.2, -0.15) is 0 Å². The van der Waals surface area contributed by atoms with Gasteiger partial charge in [-0.05, 0) is 6.92 Å². The third-order valence-electron chi connectivity index (χ3n) is 1.52. The molecule has 0 radical (unpaired) electrons. The molecule has 4 nitrogen and oxygen atoms in total. The summed E-state index contributed by atoms with van der Waals surface area (Å²) in [6, 6.07) is 0. The van der Waals surface area contributed by atoms with Gasteiger partial charge in [0, 0.05) is 17.8 Å². The zero-order valence-corrected chi connectivity index (χ0v) is 6.66. The predicted octanol–water partition coefficient (Wildman–Crippen LogP) is 0.252. The molecule has 4 heteroatoms. The molecule has 1 aromatic heterocycles. The van der Waals surface area contributed by atoms with Crippen LogP contribution in [0.25, 0.3) is 0 Å². The zero-order chi connectivity index (χ0) is 8.27. The summed E-state index contributed by atoms with van der Waals surface area (Å²) in [6.07, 6.45) is 1.47. The summed E-state index contributed by atoms with van der Waals surface area (Å²) in [4.78, 5) is 7.90. The SMILES string of the molecule is COc1ncnc(C)c1CN. The highest BCUT2D eigenvalue weighted by Crippen LogP contribution is 2.14. The highest BCUT2D eigenvalue weighted by atomic mass is 16.5. The molecule has 0 saturated heterocycles. The van der Waals surface area contributed by atoms with Crippen LogP contribution in [0.3, 0.4) is 0 Å². The molecule has 0 fully saturated rings. The van der Waals surface area contributed by atoms with E-state index in [0.717, 1.165) is 11.3 Å². The van der Waals surface area contributed by atoms with Crippen LogP contribution in [0, 0.1) is 6.92 Å². The quantitative estimate of drug-likeness (QED) is 0.661. The molecule has 0 atom stereocenters. The summed E-state index contributed by atoms with van der Waals surface area (Å²) in [7, 11) is 1.57. The van der Waals surface area contributed by atoms with Crippen molar-refractivity contribution in [1.29, 1.82) is 0 Å². The van der Waals surface area contributed by atoms with E-state index in [1.807, 2.05) is 6.92 Å². The lowest BCUT2D eigenvalue weighted by Gasteiger charge is -2.05. The van der Waals surface area contributed by atoms with Gasteiger partial charge in [0.05, 0.1) is 7.11 Å². The van der Waals surface area contributed by atoms with Crippen LogP contribution in [-0.2, 0) is 6.54 Å². The number of methoxy groups -OCH3 is 1. The number of aryl methyl sites for hydroxylation is 1. The van der Waals surface area contributed by atoms with E-state index < -0.39 is 0 Å². The lowest BCUT2D eigenvalue weighted by atomic mass is 10.2. The fourth-order valence-corrected chi connectivity index (χ4v) is 0.889. The molecule has 1 aromatic rings. The molecule has 0 aromatic carbocycles. The van der Waals surface area contributed by atoms with Gasteiger partial charge in [-0.3, -0.25) is 0 Å². The van der Waals surface area contributed by atoms with Crippen LogP contribution in [0.5, 0.6) is 5.88 Å². The van der Waals surface area contributed by atoms with E-state index in [2.05, 4.69) is 9.97 Å². The third kappa shape index (κ3) is 1.46. The van der Waals surface area contributed by atoms with Gasteiger partial charge in [-0.15, -0.1) is 0 Å². The Hall–Kier alpha value is -1.16. The number of hydrogen-bond acceptors (Lipinski definition) is 4. The van der Waals surface area contributed by atoms with E-state index >= 15 is 0 Å². The second-order valence-electron chi connectivity index (χ2n) is 2.15. The van der Waals surface area contributed by atoms with Gasteiger partial charge in [-0.1, -0.05) is 0 Å². The first-order valence-corrected chi connectivity index (χ1v) is 3.34. The molecule has 1 rings (SSSR count). The third-order valence-corrected chi connectivity index (χ3v) is 1.52. The Morgan fingerprint density at radius 2 is 2.27 bits per heavy atom. The van der Waals surface area contributed by atoms with E-state index in [1.54, 1.807) is 7.11 Å². The minimum Gasteiger partial charge on any atom is -0.481 e. The number of ether oxygens (including phenoxy) is 1. The van der Waals surface area contributed by atoms with E-state index in [0.29, 0.717) is 12.4 Å². The molecule has 0 unspecified atom stereocenters. The highest BCUT2D eigenvalue weighted by molar-refractivity contribution is 5.28. The molecule has 0 bridgehead atoms. The fourth-order valence-electron chi connectivity index (χ4n) is 0.889. The van der Waals surface area contributed by atoms with Gasteiger partial charge in [0.15, 0.2) is 0 Å². The van der Waals surface area contributed by atoms with Crippen molar-refractivity contribution in [3.8, 4) is 5.88 Å². The van der Waals surface area contributed by atoms with Gasteiger partial charge < -0.3 is 10.5 Å². The van der Waals surface area contributed by atoms with Gasteiger partial charge in [0.25, 0.3) is 0 Å². The molecule has 0 aliphatic rings. The zero-order valence-electron chi connectivity index (χ0n) is 6.66. The maximum Gasteiger partial charge on any atom is 0.220 e. The van der Waals surface area contributed by atoms with Gasteiger partial charge in [-0.25, -0.2) is 9.97 Å². The first-order chi connectivity index (χ1) is 5.29. The summed E-state index contributed by atoms with van der Waals surface area (Å²) in [5, 5.41) is 0. The Morgan fingerprint density at radius 1 is 1.55 bits per heavy atom. The molecule has 1 heterocycles. The number of aromatic nitrogens is 2. The van der Waals surface area contributed by atoms with Crippen LogP contribution in [0.4, 0.5) is 0 Å². The van der Waals surface area contributed by atoms with Crippen LogP contribution in [-0.4, -0.2) is 17.1 Å². The average Bonchev–Trinajstić information content (AvgIpc) is 2.04. The van der Waals surface area contributed by atoms with Crippen molar-refractivity contribution in [1.82, 2.24) is 9.97 Å². The predicted molar refractivity (Wildman–Crippen MR) is 41.2 cm³/mol. The van der Waals surface area contributed by atoms with Crippen molar-refractivity contribution < 1.29 is 4.74 Å². The minimum absolute atomic E-state index is 0.413. The van der Waals surface area contributed by atoms with E-state index in [4.69, 9.17) is 10.5 Å². The molecule has 11 heavy (non-hydrogen) atoms. The topological polar surface area (TPSA) is 61.0 Å². The molecule has 0 amide bonds. The van der Waals surface area contributed by atoms with Gasteiger partial charge in [0.2, 0.25) is 5.88 Å². The largest absolute Gasteiger partial charge is 0.481 e. The van der Waals surface area contributed by atoms with Crippen molar-refractivity contribution in [2.45, 2.75) is 13.5 Å². The second kappa shape index (κ2) is 3.30. The van der Waals surface area contributed by atoms with Crippen LogP contribution in [0.15, 0.2) is 6.33 Å². The lowest BCUT2D eigenvalue weighted by molar-refractivity contribution is 0.390. The lowest BCUT2D eigenvalue weighted by Crippen LogP contribution is -2.05. The number of hydrogen-bond donors (Lipinski definition) is 1. The second-order valence-corrected chi connectivity index (χ2v) is 2.15. The molecule has 60 valence electrons. The number of nitrogens with zero attached hydrogens (tertiary/aromatic N) is 2. The molecule has 0 saturated carbocycles. The van der Waals surface area contributed by atoms with Crippen molar-refractivity contribution in [3.63, 3.8) is 0 Å². The fraction of sp³-hybridized carbons (Fsp3) is 0.429. The molecule has 0 aliphatic heterocycles. The van der Waals surface area contributed by atoms with Crippen molar-refractivity contribution in [3.05, 3.63) is 17.6 Å². The van der Waals surface area contributed by atoms with Crippen molar-refractivity contribution in [2.24, 2.45) is 5.73 Å². The Kier molecular flexibility index (Phi) is 2.38. The molecule has 0 aliphatic carbocycles. The first-order valence-electron chi connectivity index (χ1n) is 3.34. The number of nitrogens with two attached hydrogens (primary N) is 1. The normalized spacial score (nSPS) is 9.73. The summed E-state index contributed by atoms with van der Waals surface area (Å²) in [5.41, 5.74) is 7.21. The van der Waals surface area contributed by atoms with Gasteiger partial charge >= 0.3 is 0 Å². The summed E-state index contributed by atoms with van der Waals surface area (Å²) >= 11 is 0.